The summed E-state index contributed by atoms with van der Waals surface area (Å²) in [7, 11) is -1.34. The summed E-state index contributed by atoms with van der Waals surface area (Å²) >= 11 is 0. The molecule has 0 spiro atoms. The second-order valence-corrected chi connectivity index (χ2v) is 11.9. The van der Waals surface area contributed by atoms with Gasteiger partial charge in [-0.2, -0.15) is 0 Å². The van der Waals surface area contributed by atoms with E-state index < -0.39 is 8.07 Å². The molecule has 0 saturated heterocycles. The third-order valence-corrected chi connectivity index (χ3v) is 8.46. The average molecular weight is 336 g/mol. The van der Waals surface area contributed by atoms with Crippen molar-refractivity contribution >= 4 is 13.3 Å². The highest BCUT2D eigenvalue weighted by Crippen LogP contribution is 2.26. The molecule has 124 valence electrons. The molecule has 0 saturated carbocycles. The lowest BCUT2D eigenvalue weighted by Gasteiger charge is -2.23. The summed E-state index contributed by atoms with van der Waals surface area (Å²) in [5.74, 6) is 0. The Morgan fingerprint density at radius 3 is 2.46 bits per heavy atom. The number of hydrogen-bond acceptors (Lipinski definition) is 2. The molecule has 0 atom stereocenters. The summed E-state index contributed by atoms with van der Waals surface area (Å²) in [5, 5.41) is 5.63. The van der Waals surface area contributed by atoms with Gasteiger partial charge in [0, 0.05) is 11.6 Å². The zero-order chi connectivity index (χ0) is 17.0. The molecule has 3 aromatic rings. The molecule has 3 heteroatoms. The van der Waals surface area contributed by atoms with Crippen LogP contribution in [0.4, 0.5) is 0 Å². The van der Waals surface area contributed by atoms with E-state index in [2.05, 4.69) is 73.7 Å². The highest BCUT2D eigenvalue weighted by atomic mass is 28.3. The minimum Gasteiger partial charge on any atom is -0.364 e. The average Bonchev–Trinajstić information content (AvgIpc) is 3.11. The highest BCUT2D eigenvalue weighted by molar-refractivity contribution is 6.89. The summed E-state index contributed by atoms with van der Waals surface area (Å²) in [6, 6.07) is 20.8. The number of rotatable bonds is 6. The van der Waals surface area contributed by atoms with Crippen molar-refractivity contribution in [3.05, 3.63) is 72.0 Å². The molecule has 2 nitrogen and oxygen atoms in total. The molecule has 2 aromatic carbocycles. The van der Waals surface area contributed by atoms with Crippen molar-refractivity contribution < 1.29 is 4.52 Å². The molecular weight excluding hydrogens is 310 g/mol. The lowest BCUT2D eigenvalue weighted by Crippen LogP contribution is -2.40. The van der Waals surface area contributed by atoms with E-state index in [1.807, 2.05) is 6.07 Å². The van der Waals surface area contributed by atoms with Crippen molar-refractivity contribution in [2.24, 2.45) is 0 Å². The van der Waals surface area contributed by atoms with Gasteiger partial charge in [-0.1, -0.05) is 84.4 Å². The molecule has 0 unspecified atom stereocenters. The Morgan fingerprint density at radius 2 is 1.75 bits per heavy atom. The Morgan fingerprint density at radius 1 is 0.958 bits per heavy atom. The van der Waals surface area contributed by atoms with Crippen LogP contribution < -0.4 is 5.19 Å². The molecule has 1 heterocycles. The normalized spacial score (nSPS) is 11.6. The zero-order valence-corrected chi connectivity index (χ0v) is 15.8. The van der Waals surface area contributed by atoms with Gasteiger partial charge in [-0.25, -0.2) is 0 Å². The van der Waals surface area contributed by atoms with Gasteiger partial charge in [-0.15, -0.1) is 0 Å². The Hall–Kier alpha value is -2.13. The van der Waals surface area contributed by atoms with Gasteiger partial charge in [0.15, 0.2) is 0 Å². The van der Waals surface area contributed by atoms with Gasteiger partial charge < -0.3 is 4.52 Å². The van der Waals surface area contributed by atoms with Crippen molar-refractivity contribution in [1.82, 2.24) is 5.16 Å². The molecule has 0 bridgehead atoms. The predicted octanol–water partition coefficient (Wildman–Crippen LogP) is 5.20. The number of aromatic nitrogens is 1. The molecule has 3 rings (SSSR count). The first-order valence-electron chi connectivity index (χ1n) is 8.63. The fourth-order valence-electron chi connectivity index (χ4n) is 3.34. The van der Waals surface area contributed by atoms with Crippen LogP contribution in [0.3, 0.4) is 0 Å². The van der Waals surface area contributed by atoms with Gasteiger partial charge in [-0.05, 0) is 24.5 Å². The lowest BCUT2D eigenvalue weighted by molar-refractivity contribution is 0.422. The van der Waals surface area contributed by atoms with Crippen LogP contribution in [0, 0.1) is 6.92 Å². The molecule has 1 aromatic heterocycles. The van der Waals surface area contributed by atoms with Crippen LogP contribution in [0.5, 0.6) is 0 Å². The van der Waals surface area contributed by atoms with Gasteiger partial charge >= 0.3 is 0 Å². The Balaban J connectivity index is 1.68. The van der Waals surface area contributed by atoms with Crippen LogP contribution in [0.25, 0.3) is 11.3 Å². The van der Waals surface area contributed by atoms with E-state index >= 15 is 0 Å². The first-order chi connectivity index (χ1) is 11.6. The number of nitrogens with zero attached hydrogens (tertiary/aromatic N) is 1. The summed E-state index contributed by atoms with van der Waals surface area (Å²) in [5.41, 5.74) is 4.85. The quantitative estimate of drug-likeness (QED) is 0.579. The summed E-state index contributed by atoms with van der Waals surface area (Å²) in [6.45, 7) is 7.14. The molecule has 0 amide bonds. The topological polar surface area (TPSA) is 26.0 Å². The first-order valence-corrected chi connectivity index (χ1v) is 11.8. The maximum atomic E-state index is 4.99. The van der Waals surface area contributed by atoms with Crippen molar-refractivity contribution in [3.63, 3.8) is 0 Å². The standard InChI is InChI=1S/C21H25NOSi/c1-17-18(9-7-13-20(17)21-14-15-23-22-21)10-8-16-24(2,3)19-11-5-4-6-12-19/h4-7,9,11-15H,8,10,16H2,1-3H3. The van der Waals surface area contributed by atoms with Crippen LogP contribution >= 0.6 is 0 Å². The highest BCUT2D eigenvalue weighted by Gasteiger charge is 2.22. The van der Waals surface area contributed by atoms with Gasteiger partial charge in [0.05, 0.1) is 8.07 Å². The van der Waals surface area contributed by atoms with E-state index in [0.29, 0.717) is 0 Å². The first kappa shape index (κ1) is 16.7. The summed E-state index contributed by atoms with van der Waals surface area (Å²) < 4.78 is 4.99. The number of hydrogen-bond donors (Lipinski definition) is 0. The van der Waals surface area contributed by atoms with E-state index in [1.165, 1.54) is 29.2 Å². The van der Waals surface area contributed by atoms with Crippen LogP contribution in [-0.2, 0) is 6.42 Å². The van der Waals surface area contributed by atoms with E-state index in [4.69, 9.17) is 4.52 Å². The second-order valence-electron chi connectivity index (χ2n) is 7.08. The Labute approximate surface area is 145 Å². The monoisotopic (exact) mass is 335 g/mol. The third-order valence-electron chi connectivity index (χ3n) is 4.96. The minimum atomic E-state index is -1.34. The van der Waals surface area contributed by atoms with Crippen molar-refractivity contribution in [3.8, 4) is 11.3 Å². The fraction of sp³-hybridized carbons (Fsp3) is 0.286. The number of benzene rings is 2. The predicted molar refractivity (Wildman–Crippen MR) is 103 cm³/mol. The SMILES string of the molecule is Cc1c(CCC[Si](C)(C)c2ccccc2)cccc1-c1ccon1. The van der Waals surface area contributed by atoms with Crippen molar-refractivity contribution in [2.75, 3.05) is 0 Å². The maximum absolute atomic E-state index is 4.99. The lowest BCUT2D eigenvalue weighted by atomic mass is 9.97. The van der Waals surface area contributed by atoms with E-state index in [0.717, 1.165) is 12.1 Å². The van der Waals surface area contributed by atoms with Crippen LogP contribution in [0.1, 0.15) is 17.5 Å². The summed E-state index contributed by atoms with van der Waals surface area (Å²) in [4.78, 5) is 0. The van der Waals surface area contributed by atoms with Gasteiger partial charge in [0.25, 0.3) is 0 Å². The Kier molecular flexibility index (Phi) is 5.00. The minimum absolute atomic E-state index is 0.924. The molecule has 0 aliphatic carbocycles. The van der Waals surface area contributed by atoms with Crippen molar-refractivity contribution in [2.45, 2.75) is 38.9 Å². The largest absolute Gasteiger partial charge is 0.364 e. The molecule has 24 heavy (non-hydrogen) atoms. The van der Waals surface area contributed by atoms with E-state index in [-0.39, 0.29) is 0 Å². The van der Waals surface area contributed by atoms with Gasteiger partial charge in [-0.3, -0.25) is 0 Å². The number of aryl methyl sites for hydroxylation is 1. The van der Waals surface area contributed by atoms with Crippen LogP contribution in [0.2, 0.25) is 19.1 Å². The molecule has 0 N–H and O–H groups in total. The Bertz CT molecular complexity index is 779. The smallest absolute Gasteiger partial charge is 0.124 e. The van der Waals surface area contributed by atoms with E-state index in [9.17, 15) is 0 Å². The molecular formula is C21H25NOSi. The van der Waals surface area contributed by atoms with Gasteiger partial charge in [0.2, 0.25) is 0 Å². The summed E-state index contributed by atoms with van der Waals surface area (Å²) in [6.07, 6.45) is 3.99. The molecule has 0 aliphatic rings. The van der Waals surface area contributed by atoms with Gasteiger partial charge in [0.1, 0.15) is 12.0 Å². The van der Waals surface area contributed by atoms with Crippen LogP contribution in [0.15, 0.2) is 65.4 Å². The van der Waals surface area contributed by atoms with Crippen molar-refractivity contribution in [1.29, 1.82) is 0 Å². The third kappa shape index (κ3) is 3.67. The zero-order valence-electron chi connectivity index (χ0n) is 14.8. The second kappa shape index (κ2) is 7.18. The van der Waals surface area contributed by atoms with Crippen LogP contribution in [-0.4, -0.2) is 13.2 Å². The maximum Gasteiger partial charge on any atom is 0.124 e. The van der Waals surface area contributed by atoms with E-state index in [1.54, 1.807) is 11.4 Å². The fourth-order valence-corrected chi connectivity index (χ4v) is 5.78. The molecule has 0 aliphatic heterocycles. The molecule has 0 fully saturated rings. The molecule has 0 radical (unpaired) electrons.